The number of carbonyl (C=O) groups excluding carboxylic acids is 1. The molecule has 0 spiro atoms. The second-order valence-corrected chi connectivity index (χ2v) is 4.99. The van der Waals surface area contributed by atoms with Crippen molar-refractivity contribution in [1.29, 1.82) is 0 Å². The number of carbonyl (C=O) groups is 1. The van der Waals surface area contributed by atoms with E-state index >= 15 is 0 Å². The maximum Gasteiger partial charge on any atom is 0.796 e. The third kappa shape index (κ3) is 5.23. The molecule has 0 bridgehead atoms. The van der Waals surface area contributed by atoms with Crippen LogP contribution in [0.25, 0.3) is 5.76 Å². The van der Waals surface area contributed by atoms with Crippen molar-refractivity contribution < 1.29 is 22.8 Å². The van der Waals surface area contributed by atoms with Crippen LogP contribution in [0.2, 0.25) is 0 Å². The Labute approximate surface area is 140 Å². The monoisotopic (exact) mass is 330 g/mol. The predicted octanol–water partition coefficient (Wildman–Crippen LogP) is 4.64. The Kier molecular flexibility index (Phi) is 6.55. The van der Waals surface area contributed by atoms with E-state index < -0.39 is 13.3 Å². The summed E-state index contributed by atoms with van der Waals surface area (Å²) in [6.07, 6.45) is 1.94. The number of halogens is 2. The molecule has 0 aliphatic heterocycles. The third-order valence-electron chi connectivity index (χ3n) is 3.15. The average Bonchev–Trinajstić information content (AvgIpc) is 2.60. The number of benzene rings is 2. The van der Waals surface area contributed by atoms with Crippen molar-refractivity contribution in [3.05, 3.63) is 71.8 Å². The van der Waals surface area contributed by atoms with Gasteiger partial charge in [0, 0.05) is 17.2 Å². The summed E-state index contributed by atoms with van der Waals surface area (Å²) in [6, 6.07) is 14.9. The zero-order valence-corrected chi connectivity index (χ0v) is 13.2. The van der Waals surface area contributed by atoms with Crippen LogP contribution in [0, 0.1) is 0 Å². The first-order valence-electron chi connectivity index (χ1n) is 7.59. The molecule has 0 aromatic heterocycles. The first-order chi connectivity index (χ1) is 11.6. The topological polar surface area (TPSA) is 35.5 Å². The molecule has 0 N–H and O–H groups in total. The molecule has 0 aliphatic carbocycles. The maximum atomic E-state index is 12.7. The van der Waals surface area contributed by atoms with Gasteiger partial charge in [0.15, 0.2) is 5.78 Å². The lowest BCUT2D eigenvalue weighted by molar-refractivity contribution is 0.104. The van der Waals surface area contributed by atoms with Gasteiger partial charge in [0.05, 0.1) is 6.61 Å². The minimum atomic E-state index is -3.02. The Hall–Kier alpha value is -2.63. The highest BCUT2D eigenvalue weighted by atomic mass is 19.2. The molecule has 2 aromatic rings. The molecule has 0 saturated carbocycles. The summed E-state index contributed by atoms with van der Waals surface area (Å²) in [5.74, 6) is 0.0461. The van der Waals surface area contributed by atoms with E-state index in [2.05, 4.69) is 4.65 Å². The normalized spacial score (nSPS) is 11.0. The number of hydrogen-bond acceptors (Lipinski definition) is 3. The molecular weight excluding hydrogens is 313 g/mol. The van der Waals surface area contributed by atoms with Gasteiger partial charge in [-0.3, -0.25) is 4.79 Å². The molecule has 24 heavy (non-hydrogen) atoms. The van der Waals surface area contributed by atoms with Crippen LogP contribution < -0.4 is 4.74 Å². The molecule has 124 valence electrons. The van der Waals surface area contributed by atoms with Crippen LogP contribution in [0.1, 0.15) is 29.3 Å². The highest BCUT2D eigenvalue weighted by Gasteiger charge is 2.21. The fourth-order valence-corrected chi connectivity index (χ4v) is 2.02. The lowest BCUT2D eigenvalue weighted by Crippen LogP contribution is -2.06. The first kappa shape index (κ1) is 17.7. The summed E-state index contributed by atoms with van der Waals surface area (Å²) in [7, 11) is -3.02. The van der Waals surface area contributed by atoms with E-state index in [4.69, 9.17) is 4.74 Å². The standard InChI is InChI=1S/C18H17BF2O3/c1-2-12-23-16-10-8-15(9-11-16)18(24-19(20)21)13-17(22)14-6-4-3-5-7-14/h3-11,13H,2,12H2,1H3/b18-13-. The number of allylic oxidation sites excluding steroid dienone is 1. The van der Waals surface area contributed by atoms with Gasteiger partial charge in [0.25, 0.3) is 0 Å². The van der Waals surface area contributed by atoms with E-state index in [0.717, 1.165) is 12.5 Å². The van der Waals surface area contributed by atoms with Crippen LogP contribution in [0.4, 0.5) is 8.63 Å². The molecular formula is C18H17BF2O3. The van der Waals surface area contributed by atoms with Gasteiger partial charge in [0.2, 0.25) is 0 Å². The van der Waals surface area contributed by atoms with Gasteiger partial charge < -0.3 is 9.39 Å². The fraction of sp³-hybridized carbons (Fsp3) is 0.167. The molecule has 2 rings (SSSR count). The predicted molar refractivity (Wildman–Crippen MR) is 90.0 cm³/mol. The number of hydrogen-bond donors (Lipinski definition) is 0. The van der Waals surface area contributed by atoms with Crippen molar-refractivity contribution in [3.63, 3.8) is 0 Å². The second-order valence-electron chi connectivity index (χ2n) is 4.99. The number of ketones is 1. The van der Waals surface area contributed by atoms with Crippen LogP contribution in [-0.4, -0.2) is 19.9 Å². The van der Waals surface area contributed by atoms with E-state index in [0.29, 0.717) is 23.5 Å². The SMILES string of the molecule is CCCOc1ccc(/C(=C/C(=O)c2ccccc2)OB(F)F)cc1. The molecule has 0 unspecified atom stereocenters. The summed E-state index contributed by atoms with van der Waals surface area (Å²) >= 11 is 0. The summed E-state index contributed by atoms with van der Waals surface area (Å²) in [5, 5.41) is 0. The van der Waals surface area contributed by atoms with Crippen molar-refractivity contribution in [2.45, 2.75) is 13.3 Å². The second kappa shape index (κ2) is 8.86. The van der Waals surface area contributed by atoms with Crippen molar-refractivity contribution in [2.24, 2.45) is 0 Å². The molecule has 0 saturated heterocycles. The lowest BCUT2D eigenvalue weighted by atomic mass is 10.1. The number of rotatable bonds is 8. The first-order valence-corrected chi connectivity index (χ1v) is 7.59. The smallest absolute Gasteiger partial charge is 0.505 e. The van der Waals surface area contributed by atoms with E-state index in [-0.39, 0.29) is 5.76 Å². The molecule has 6 heteroatoms. The van der Waals surface area contributed by atoms with Crippen LogP contribution in [0.15, 0.2) is 60.7 Å². The summed E-state index contributed by atoms with van der Waals surface area (Å²) in [4.78, 5) is 12.2. The van der Waals surface area contributed by atoms with Crippen molar-refractivity contribution in [2.75, 3.05) is 6.61 Å². The van der Waals surface area contributed by atoms with Crippen molar-refractivity contribution in [3.8, 4) is 5.75 Å². The molecule has 0 amide bonds. The summed E-state index contributed by atoms with van der Waals surface area (Å²) in [6.45, 7) is 2.56. The van der Waals surface area contributed by atoms with Crippen LogP contribution in [0.5, 0.6) is 5.75 Å². The van der Waals surface area contributed by atoms with E-state index in [1.54, 1.807) is 54.6 Å². The zero-order chi connectivity index (χ0) is 17.4. The Balaban J connectivity index is 2.24. The van der Waals surface area contributed by atoms with Gasteiger partial charge in [-0.2, -0.15) is 0 Å². The highest BCUT2D eigenvalue weighted by Crippen LogP contribution is 2.22. The summed E-state index contributed by atoms with van der Waals surface area (Å²) < 4.78 is 35.3. The van der Waals surface area contributed by atoms with Crippen molar-refractivity contribution in [1.82, 2.24) is 0 Å². The van der Waals surface area contributed by atoms with Gasteiger partial charge in [-0.05, 0) is 30.7 Å². The minimum absolute atomic E-state index is 0.180. The van der Waals surface area contributed by atoms with Gasteiger partial charge >= 0.3 is 7.47 Å². The molecule has 0 aliphatic rings. The van der Waals surface area contributed by atoms with Crippen LogP contribution in [0.3, 0.4) is 0 Å². The quantitative estimate of drug-likeness (QED) is 0.306. The van der Waals surface area contributed by atoms with Gasteiger partial charge in [-0.15, -0.1) is 0 Å². The van der Waals surface area contributed by atoms with Crippen molar-refractivity contribution >= 4 is 19.0 Å². The van der Waals surface area contributed by atoms with Gasteiger partial charge in [-0.1, -0.05) is 37.3 Å². The minimum Gasteiger partial charge on any atom is -0.505 e. The Bertz CT molecular complexity index is 685. The van der Waals surface area contributed by atoms with E-state index in [1.807, 2.05) is 6.92 Å². The van der Waals surface area contributed by atoms with E-state index in [1.165, 1.54) is 0 Å². The maximum absolute atomic E-state index is 12.7. The molecule has 3 nitrogen and oxygen atoms in total. The highest BCUT2D eigenvalue weighted by molar-refractivity contribution is 6.36. The van der Waals surface area contributed by atoms with E-state index in [9.17, 15) is 13.4 Å². The Morgan fingerprint density at radius 2 is 1.71 bits per heavy atom. The third-order valence-corrected chi connectivity index (χ3v) is 3.15. The van der Waals surface area contributed by atoms with Crippen LogP contribution >= 0.6 is 0 Å². The Morgan fingerprint density at radius 3 is 2.29 bits per heavy atom. The largest absolute Gasteiger partial charge is 0.796 e. The molecule has 2 aromatic carbocycles. The van der Waals surface area contributed by atoms with Gasteiger partial charge in [0.1, 0.15) is 11.5 Å². The molecule has 0 atom stereocenters. The van der Waals surface area contributed by atoms with Crippen LogP contribution in [-0.2, 0) is 4.65 Å². The molecule has 0 radical (unpaired) electrons. The molecule has 0 fully saturated rings. The number of ether oxygens (including phenoxy) is 1. The lowest BCUT2D eigenvalue weighted by Gasteiger charge is -2.10. The van der Waals surface area contributed by atoms with Gasteiger partial charge in [-0.25, -0.2) is 8.63 Å². The zero-order valence-electron chi connectivity index (χ0n) is 13.2. The average molecular weight is 330 g/mol. The summed E-state index contributed by atoms with van der Waals surface area (Å²) in [5.41, 5.74) is 0.777. The fourth-order valence-electron chi connectivity index (χ4n) is 2.02. The molecule has 0 heterocycles. The Morgan fingerprint density at radius 1 is 1.04 bits per heavy atom.